The summed E-state index contributed by atoms with van der Waals surface area (Å²) >= 11 is 0. The largest absolute Gasteiger partial charge is 0.396 e. The van der Waals surface area contributed by atoms with Gasteiger partial charge in [-0.2, -0.15) is 0 Å². The van der Waals surface area contributed by atoms with Crippen molar-refractivity contribution in [1.29, 1.82) is 0 Å². The number of fused-ring (bicyclic) bond motifs is 1. The van der Waals surface area contributed by atoms with Crippen LogP contribution in [0.3, 0.4) is 0 Å². The number of rotatable bonds is 3. The molecule has 2 nitrogen and oxygen atoms in total. The molecule has 1 aliphatic carbocycles. The molecule has 1 aromatic carbocycles. The minimum absolute atomic E-state index is 0.230. The van der Waals surface area contributed by atoms with E-state index in [4.69, 9.17) is 5.11 Å². The van der Waals surface area contributed by atoms with Crippen molar-refractivity contribution in [3.8, 4) is 0 Å². The summed E-state index contributed by atoms with van der Waals surface area (Å²) < 4.78 is 2.43. The summed E-state index contributed by atoms with van der Waals surface area (Å²) in [6.07, 6.45) is 8.33. The number of nitrogens with zero attached hydrogens (tertiary/aromatic N) is 1. The van der Waals surface area contributed by atoms with Crippen molar-refractivity contribution < 1.29 is 5.11 Å². The average molecular weight is 229 g/mol. The minimum Gasteiger partial charge on any atom is -0.396 e. The summed E-state index contributed by atoms with van der Waals surface area (Å²) in [5.41, 5.74) is 2.60. The number of hydrogen-bond donors (Lipinski definition) is 1. The van der Waals surface area contributed by atoms with Crippen molar-refractivity contribution in [2.75, 3.05) is 6.61 Å². The molecule has 1 fully saturated rings. The van der Waals surface area contributed by atoms with Crippen LogP contribution in [0.1, 0.15) is 37.3 Å². The monoisotopic (exact) mass is 229 g/mol. The Morgan fingerprint density at radius 1 is 1.18 bits per heavy atom. The minimum atomic E-state index is 0.230. The fourth-order valence-electron chi connectivity index (χ4n) is 3.09. The summed E-state index contributed by atoms with van der Waals surface area (Å²) in [5.74, 6) is 0. The summed E-state index contributed by atoms with van der Waals surface area (Å²) in [6, 6.07) is 9.33. The molecule has 0 spiro atoms. The standard InChI is InChI=1S/C15H19NO/c17-11-9-12-4-3-7-15-14(12)8-10-16(15)13-5-1-2-6-13/h3-4,7-8,10,13,17H,1-2,5-6,9,11H2. The zero-order valence-corrected chi connectivity index (χ0v) is 10.1. The second-order valence-electron chi connectivity index (χ2n) is 4.98. The van der Waals surface area contributed by atoms with E-state index in [1.807, 2.05) is 0 Å². The summed E-state index contributed by atoms with van der Waals surface area (Å²) in [7, 11) is 0. The van der Waals surface area contributed by atoms with Gasteiger partial charge in [-0.3, -0.25) is 0 Å². The lowest BCUT2D eigenvalue weighted by atomic mass is 10.1. The van der Waals surface area contributed by atoms with E-state index in [1.54, 1.807) is 0 Å². The maximum absolute atomic E-state index is 9.09. The number of hydrogen-bond acceptors (Lipinski definition) is 1. The Bertz CT molecular complexity index is 509. The van der Waals surface area contributed by atoms with Gasteiger partial charge in [0.25, 0.3) is 0 Å². The molecular weight excluding hydrogens is 210 g/mol. The van der Waals surface area contributed by atoms with Gasteiger partial charge in [0.1, 0.15) is 0 Å². The molecule has 90 valence electrons. The van der Waals surface area contributed by atoms with E-state index in [0.717, 1.165) is 6.42 Å². The Hall–Kier alpha value is -1.28. The van der Waals surface area contributed by atoms with Gasteiger partial charge in [-0.1, -0.05) is 25.0 Å². The summed E-state index contributed by atoms with van der Waals surface area (Å²) in [5, 5.41) is 10.4. The van der Waals surface area contributed by atoms with Gasteiger partial charge in [-0.05, 0) is 37.0 Å². The Morgan fingerprint density at radius 2 is 2.00 bits per heavy atom. The van der Waals surface area contributed by atoms with Crippen LogP contribution in [-0.2, 0) is 6.42 Å². The first-order valence-corrected chi connectivity index (χ1v) is 6.59. The number of aliphatic hydroxyl groups is 1. The quantitative estimate of drug-likeness (QED) is 0.858. The number of benzene rings is 1. The lowest BCUT2D eigenvalue weighted by Gasteiger charge is -2.13. The van der Waals surface area contributed by atoms with Gasteiger partial charge in [-0.15, -0.1) is 0 Å². The van der Waals surface area contributed by atoms with Gasteiger partial charge in [-0.25, -0.2) is 0 Å². The molecule has 0 saturated heterocycles. The van der Waals surface area contributed by atoms with Crippen LogP contribution in [0.5, 0.6) is 0 Å². The molecule has 1 saturated carbocycles. The zero-order chi connectivity index (χ0) is 11.7. The van der Waals surface area contributed by atoms with Crippen LogP contribution < -0.4 is 0 Å². The lowest BCUT2D eigenvalue weighted by molar-refractivity contribution is 0.300. The maximum Gasteiger partial charge on any atom is 0.0485 e. The second-order valence-corrected chi connectivity index (χ2v) is 4.98. The van der Waals surface area contributed by atoms with E-state index < -0.39 is 0 Å². The van der Waals surface area contributed by atoms with Crippen molar-refractivity contribution in [3.63, 3.8) is 0 Å². The number of aliphatic hydroxyl groups excluding tert-OH is 1. The van der Waals surface area contributed by atoms with Gasteiger partial charge in [0.15, 0.2) is 0 Å². The highest BCUT2D eigenvalue weighted by molar-refractivity contribution is 5.83. The third-order valence-corrected chi connectivity index (χ3v) is 3.95. The van der Waals surface area contributed by atoms with Gasteiger partial charge >= 0.3 is 0 Å². The highest BCUT2D eigenvalue weighted by Gasteiger charge is 2.18. The molecule has 1 aliphatic rings. The van der Waals surface area contributed by atoms with Crippen LogP contribution in [0.15, 0.2) is 30.5 Å². The van der Waals surface area contributed by atoms with Gasteiger partial charge in [0, 0.05) is 29.7 Å². The predicted octanol–water partition coefficient (Wildman–Crippen LogP) is 3.29. The maximum atomic E-state index is 9.09. The van der Waals surface area contributed by atoms with E-state index in [0.29, 0.717) is 6.04 Å². The molecule has 1 heterocycles. The van der Waals surface area contributed by atoms with Crippen molar-refractivity contribution in [1.82, 2.24) is 4.57 Å². The molecule has 0 bridgehead atoms. The highest BCUT2D eigenvalue weighted by atomic mass is 16.2. The highest BCUT2D eigenvalue weighted by Crippen LogP contribution is 2.33. The molecule has 0 aliphatic heterocycles. The zero-order valence-electron chi connectivity index (χ0n) is 10.1. The molecule has 2 heteroatoms. The van der Waals surface area contributed by atoms with Crippen LogP contribution >= 0.6 is 0 Å². The molecule has 3 rings (SSSR count). The predicted molar refractivity (Wildman–Crippen MR) is 70.2 cm³/mol. The average Bonchev–Trinajstić information content (AvgIpc) is 2.97. The van der Waals surface area contributed by atoms with Crippen molar-refractivity contribution in [2.24, 2.45) is 0 Å². The Balaban J connectivity index is 2.06. The van der Waals surface area contributed by atoms with Crippen molar-refractivity contribution in [2.45, 2.75) is 38.1 Å². The van der Waals surface area contributed by atoms with Crippen molar-refractivity contribution in [3.05, 3.63) is 36.0 Å². The Kier molecular flexibility index (Phi) is 2.89. The molecule has 2 aromatic rings. The van der Waals surface area contributed by atoms with Crippen LogP contribution in [0.2, 0.25) is 0 Å². The Morgan fingerprint density at radius 3 is 2.76 bits per heavy atom. The first-order valence-electron chi connectivity index (χ1n) is 6.59. The molecule has 1 N–H and O–H groups in total. The SMILES string of the molecule is OCCc1cccc2c1ccn2C1CCCC1. The topological polar surface area (TPSA) is 25.2 Å². The van der Waals surface area contributed by atoms with E-state index in [-0.39, 0.29) is 6.61 Å². The van der Waals surface area contributed by atoms with Gasteiger partial charge < -0.3 is 9.67 Å². The number of aromatic nitrogens is 1. The smallest absolute Gasteiger partial charge is 0.0485 e. The van der Waals surface area contributed by atoms with Crippen LogP contribution in [-0.4, -0.2) is 16.3 Å². The van der Waals surface area contributed by atoms with Crippen molar-refractivity contribution >= 4 is 10.9 Å². The van der Waals surface area contributed by atoms with E-state index in [1.165, 1.54) is 42.1 Å². The third kappa shape index (κ3) is 1.87. The fraction of sp³-hybridized carbons (Fsp3) is 0.467. The van der Waals surface area contributed by atoms with E-state index >= 15 is 0 Å². The first kappa shape index (κ1) is 10.8. The van der Waals surface area contributed by atoms with E-state index in [2.05, 4.69) is 35.0 Å². The molecule has 17 heavy (non-hydrogen) atoms. The Labute approximate surface area is 102 Å². The lowest BCUT2D eigenvalue weighted by Crippen LogP contribution is -2.02. The second kappa shape index (κ2) is 4.53. The van der Waals surface area contributed by atoms with Crippen LogP contribution in [0, 0.1) is 0 Å². The molecule has 0 amide bonds. The summed E-state index contributed by atoms with van der Waals surface area (Å²) in [6.45, 7) is 0.230. The fourth-order valence-corrected chi connectivity index (χ4v) is 3.09. The third-order valence-electron chi connectivity index (χ3n) is 3.95. The van der Waals surface area contributed by atoms with Gasteiger partial charge in [0.2, 0.25) is 0 Å². The molecule has 0 unspecified atom stereocenters. The molecule has 1 aromatic heterocycles. The first-order chi connectivity index (χ1) is 8.40. The molecular formula is C15H19NO. The summed E-state index contributed by atoms with van der Waals surface area (Å²) in [4.78, 5) is 0. The van der Waals surface area contributed by atoms with Gasteiger partial charge in [0.05, 0.1) is 0 Å². The normalized spacial score (nSPS) is 17.0. The van der Waals surface area contributed by atoms with Crippen LogP contribution in [0.4, 0.5) is 0 Å². The molecule has 0 radical (unpaired) electrons. The van der Waals surface area contributed by atoms with Crippen LogP contribution in [0.25, 0.3) is 10.9 Å². The molecule has 0 atom stereocenters. The van der Waals surface area contributed by atoms with E-state index in [9.17, 15) is 0 Å².